The van der Waals surface area contributed by atoms with Gasteiger partial charge >= 0.3 is 0 Å². The van der Waals surface area contributed by atoms with Crippen molar-refractivity contribution >= 4 is 11.0 Å². The smallest absolute Gasteiger partial charge is 0.142 e. The summed E-state index contributed by atoms with van der Waals surface area (Å²) in [7, 11) is 0. The molecule has 101 valence electrons. The molecule has 1 radical (unpaired) electrons. The normalized spacial score (nSPS) is 11.2. The number of aromatic nitrogens is 2. The second kappa shape index (κ2) is 5.37. The van der Waals surface area contributed by atoms with E-state index in [1.54, 1.807) is 0 Å². The van der Waals surface area contributed by atoms with E-state index in [1.165, 1.54) is 0 Å². The highest BCUT2D eigenvalue weighted by molar-refractivity contribution is 5.80. The summed E-state index contributed by atoms with van der Waals surface area (Å²) in [5.74, 6) is 2.10. The number of para-hydroxylation sites is 2. The number of H-pyrrole nitrogens is 1. The Morgan fingerprint density at radius 2 is 2.05 bits per heavy atom. The lowest BCUT2D eigenvalue weighted by molar-refractivity contribution is 0.272. The Labute approximate surface area is 118 Å². The molecule has 1 heterocycles. The molecule has 3 nitrogen and oxygen atoms in total. The van der Waals surface area contributed by atoms with Crippen LogP contribution in [0.2, 0.25) is 0 Å². The fraction of sp³-hybridized carbons (Fsp3) is 0.235. The summed E-state index contributed by atoms with van der Waals surface area (Å²) in [6.45, 7) is 4.95. The quantitative estimate of drug-likeness (QED) is 0.772. The monoisotopic (exact) mass is 265 g/mol. The summed E-state index contributed by atoms with van der Waals surface area (Å²) in [6, 6.07) is 17.0. The van der Waals surface area contributed by atoms with Crippen LogP contribution in [0.25, 0.3) is 22.4 Å². The molecular weight excluding hydrogens is 248 g/mol. The Morgan fingerprint density at radius 3 is 2.85 bits per heavy atom. The standard InChI is InChI=1S/C17H17N2O/c1-12(2)11-20-16-10-6-3-7-13(16)17-18-14-8-4-5-9-15(14)19-17/h3-6,8-10,12H,11H2,1-2H3,(H,18,19). The Hall–Kier alpha value is -2.29. The second-order valence-corrected chi connectivity index (χ2v) is 5.22. The fourth-order valence-electron chi connectivity index (χ4n) is 2.05. The van der Waals surface area contributed by atoms with Crippen molar-refractivity contribution in [1.29, 1.82) is 0 Å². The average molecular weight is 265 g/mol. The number of imidazole rings is 1. The van der Waals surface area contributed by atoms with E-state index in [0.717, 1.165) is 28.2 Å². The number of nitrogens with one attached hydrogen (secondary N) is 1. The first-order valence-corrected chi connectivity index (χ1v) is 6.82. The molecule has 0 unspecified atom stereocenters. The Kier molecular flexibility index (Phi) is 3.42. The zero-order chi connectivity index (χ0) is 13.9. The number of ether oxygens (including phenoxy) is 1. The van der Waals surface area contributed by atoms with Gasteiger partial charge in [-0.2, -0.15) is 0 Å². The maximum atomic E-state index is 5.86. The third-order valence-electron chi connectivity index (χ3n) is 3.02. The summed E-state index contributed by atoms with van der Waals surface area (Å²) in [5, 5.41) is 0. The van der Waals surface area contributed by atoms with Crippen molar-refractivity contribution in [2.75, 3.05) is 6.61 Å². The fourth-order valence-corrected chi connectivity index (χ4v) is 2.05. The van der Waals surface area contributed by atoms with Crippen molar-refractivity contribution in [2.24, 2.45) is 5.92 Å². The van der Waals surface area contributed by atoms with E-state index in [-0.39, 0.29) is 0 Å². The van der Waals surface area contributed by atoms with E-state index in [9.17, 15) is 0 Å². The molecule has 0 aliphatic carbocycles. The highest BCUT2D eigenvalue weighted by atomic mass is 16.5. The van der Waals surface area contributed by atoms with Gasteiger partial charge in [0.15, 0.2) is 0 Å². The molecule has 0 aliphatic rings. The number of benzene rings is 2. The summed E-state index contributed by atoms with van der Waals surface area (Å²) in [5.41, 5.74) is 2.86. The minimum absolute atomic E-state index is 0.485. The van der Waals surface area contributed by atoms with E-state index in [1.807, 2.05) is 42.5 Å². The molecular formula is C17H17N2O. The topological polar surface area (TPSA) is 37.9 Å². The van der Waals surface area contributed by atoms with Gasteiger partial charge in [-0.05, 0) is 30.2 Å². The van der Waals surface area contributed by atoms with Crippen LogP contribution in [-0.4, -0.2) is 16.6 Å². The van der Waals surface area contributed by atoms with E-state index in [2.05, 4.69) is 29.9 Å². The maximum Gasteiger partial charge on any atom is 0.142 e. The van der Waals surface area contributed by atoms with Crippen molar-refractivity contribution in [1.82, 2.24) is 9.97 Å². The lowest BCUT2D eigenvalue weighted by atomic mass is 10.2. The van der Waals surface area contributed by atoms with Crippen molar-refractivity contribution in [2.45, 2.75) is 13.8 Å². The summed E-state index contributed by atoms with van der Waals surface area (Å²) in [6.07, 6.45) is 0. The molecule has 0 amide bonds. The largest absolute Gasteiger partial charge is 0.493 e. The SMILES string of the molecule is CC(C)COc1ccc[c]c1-c1nc2ccccc2[nH]1. The predicted molar refractivity (Wildman–Crippen MR) is 80.7 cm³/mol. The van der Waals surface area contributed by atoms with Crippen LogP contribution in [0.4, 0.5) is 0 Å². The molecule has 1 N–H and O–H groups in total. The Morgan fingerprint density at radius 1 is 1.20 bits per heavy atom. The summed E-state index contributed by atoms with van der Waals surface area (Å²) < 4.78 is 5.86. The van der Waals surface area contributed by atoms with Gasteiger partial charge in [0.2, 0.25) is 0 Å². The molecule has 0 aliphatic heterocycles. The Bertz CT molecular complexity index is 683. The van der Waals surface area contributed by atoms with Gasteiger partial charge in [0, 0.05) is 0 Å². The van der Waals surface area contributed by atoms with Crippen LogP contribution in [0.3, 0.4) is 0 Å². The number of nitrogens with zero attached hydrogens (tertiary/aromatic N) is 1. The first-order valence-electron chi connectivity index (χ1n) is 6.82. The molecule has 0 saturated carbocycles. The summed E-state index contributed by atoms with van der Waals surface area (Å²) >= 11 is 0. The maximum absolute atomic E-state index is 5.86. The summed E-state index contributed by atoms with van der Waals surface area (Å²) in [4.78, 5) is 7.92. The van der Waals surface area contributed by atoms with Crippen molar-refractivity contribution < 1.29 is 4.74 Å². The van der Waals surface area contributed by atoms with Gasteiger partial charge in [-0.3, -0.25) is 0 Å². The van der Waals surface area contributed by atoms with Crippen LogP contribution >= 0.6 is 0 Å². The first kappa shape index (κ1) is 12.7. The van der Waals surface area contributed by atoms with Crippen molar-refractivity contribution in [3.63, 3.8) is 0 Å². The molecule has 0 spiro atoms. The van der Waals surface area contributed by atoms with Crippen LogP contribution in [0, 0.1) is 12.0 Å². The molecule has 3 heteroatoms. The minimum Gasteiger partial charge on any atom is -0.493 e. The van der Waals surface area contributed by atoms with Gasteiger partial charge in [0.05, 0.1) is 23.2 Å². The molecule has 0 fully saturated rings. The van der Waals surface area contributed by atoms with Crippen LogP contribution < -0.4 is 4.74 Å². The third-order valence-corrected chi connectivity index (χ3v) is 3.02. The molecule has 20 heavy (non-hydrogen) atoms. The number of aromatic amines is 1. The minimum atomic E-state index is 0.485. The highest BCUT2D eigenvalue weighted by Gasteiger charge is 2.11. The average Bonchev–Trinajstić information content (AvgIpc) is 2.89. The number of fused-ring (bicyclic) bond motifs is 1. The first-order chi connectivity index (χ1) is 9.74. The molecule has 3 rings (SSSR count). The number of hydrogen-bond acceptors (Lipinski definition) is 2. The van der Waals surface area contributed by atoms with Crippen LogP contribution in [0.15, 0.2) is 42.5 Å². The number of hydrogen-bond donors (Lipinski definition) is 1. The van der Waals surface area contributed by atoms with Gasteiger partial charge in [0.1, 0.15) is 11.6 Å². The third kappa shape index (κ3) is 2.52. The predicted octanol–water partition coefficient (Wildman–Crippen LogP) is 4.06. The zero-order valence-corrected chi connectivity index (χ0v) is 11.7. The lowest BCUT2D eigenvalue weighted by Crippen LogP contribution is -2.05. The van der Waals surface area contributed by atoms with E-state index < -0.39 is 0 Å². The molecule has 1 aromatic heterocycles. The van der Waals surface area contributed by atoms with E-state index >= 15 is 0 Å². The second-order valence-electron chi connectivity index (χ2n) is 5.22. The molecule has 0 saturated heterocycles. The van der Waals surface area contributed by atoms with Crippen LogP contribution in [-0.2, 0) is 0 Å². The zero-order valence-electron chi connectivity index (χ0n) is 11.7. The van der Waals surface area contributed by atoms with Crippen LogP contribution in [0.1, 0.15) is 13.8 Å². The highest BCUT2D eigenvalue weighted by Crippen LogP contribution is 2.29. The van der Waals surface area contributed by atoms with Crippen LogP contribution in [0.5, 0.6) is 5.75 Å². The Balaban J connectivity index is 2.00. The van der Waals surface area contributed by atoms with Crippen molar-refractivity contribution in [3.8, 4) is 17.1 Å². The molecule has 2 aromatic carbocycles. The van der Waals surface area contributed by atoms with Gasteiger partial charge in [0.25, 0.3) is 0 Å². The molecule has 3 aromatic rings. The van der Waals surface area contributed by atoms with E-state index in [0.29, 0.717) is 12.5 Å². The lowest BCUT2D eigenvalue weighted by Gasteiger charge is -2.11. The molecule has 0 atom stereocenters. The van der Waals surface area contributed by atoms with Gasteiger partial charge in [-0.15, -0.1) is 0 Å². The number of rotatable bonds is 4. The van der Waals surface area contributed by atoms with Gasteiger partial charge < -0.3 is 9.72 Å². The van der Waals surface area contributed by atoms with Gasteiger partial charge in [-0.25, -0.2) is 4.98 Å². The van der Waals surface area contributed by atoms with Gasteiger partial charge in [-0.1, -0.05) is 38.1 Å². The van der Waals surface area contributed by atoms with Crippen molar-refractivity contribution in [3.05, 3.63) is 48.5 Å². The van der Waals surface area contributed by atoms with E-state index in [4.69, 9.17) is 4.74 Å². The molecule has 0 bridgehead atoms.